The van der Waals surface area contributed by atoms with Crippen molar-refractivity contribution in [2.24, 2.45) is 5.73 Å². The molecule has 6 heteroatoms. The van der Waals surface area contributed by atoms with Gasteiger partial charge in [-0.05, 0) is 41.3 Å². The summed E-state index contributed by atoms with van der Waals surface area (Å²) in [5, 5.41) is 1.79. The number of likely N-dealkylation sites (tertiary alicyclic amines) is 1. The molecule has 0 aromatic carbocycles. The van der Waals surface area contributed by atoms with Crippen LogP contribution in [-0.2, 0) is 4.79 Å². The second kappa shape index (κ2) is 5.18. The first kappa shape index (κ1) is 12.6. The number of piperidine rings is 1. The number of carbonyl (C=O) groups is 2. The van der Waals surface area contributed by atoms with Gasteiger partial charge in [-0.2, -0.15) is 0 Å². The van der Waals surface area contributed by atoms with Crippen LogP contribution in [0.4, 0.5) is 0 Å². The highest BCUT2D eigenvalue weighted by atomic mass is 79.9. The van der Waals surface area contributed by atoms with Gasteiger partial charge in [0.1, 0.15) is 6.04 Å². The fourth-order valence-electron chi connectivity index (χ4n) is 2.06. The first-order valence-electron chi connectivity index (χ1n) is 5.44. The van der Waals surface area contributed by atoms with Crippen LogP contribution >= 0.6 is 27.3 Å². The number of hydrogen-bond donors (Lipinski definition) is 1. The predicted octanol–water partition coefficient (Wildman–Crippen LogP) is 1.99. The first-order valence-corrected chi connectivity index (χ1v) is 7.11. The smallest absolute Gasteiger partial charge is 0.255 e. The van der Waals surface area contributed by atoms with Crippen molar-refractivity contribution < 1.29 is 9.59 Å². The summed E-state index contributed by atoms with van der Waals surface area (Å²) in [6.45, 7) is 0.611. The van der Waals surface area contributed by atoms with Gasteiger partial charge in [0.25, 0.3) is 5.91 Å². The van der Waals surface area contributed by atoms with E-state index in [2.05, 4.69) is 15.9 Å². The van der Waals surface area contributed by atoms with Gasteiger partial charge in [-0.3, -0.25) is 9.59 Å². The molecule has 2 amide bonds. The Balaban J connectivity index is 2.19. The third-order valence-corrected chi connectivity index (χ3v) is 4.41. The topological polar surface area (TPSA) is 63.4 Å². The minimum atomic E-state index is -0.449. The maximum absolute atomic E-state index is 12.2. The Labute approximate surface area is 112 Å². The number of nitrogens with zero attached hydrogens (tertiary/aromatic N) is 1. The molecular weight excluding hydrogens is 304 g/mol. The Bertz CT molecular complexity index is 446. The van der Waals surface area contributed by atoms with Gasteiger partial charge in [-0.15, -0.1) is 11.3 Å². The van der Waals surface area contributed by atoms with Crippen LogP contribution in [0.2, 0.25) is 0 Å². The number of carbonyl (C=O) groups excluding carboxylic acids is 2. The van der Waals surface area contributed by atoms with Gasteiger partial charge in [0.15, 0.2) is 0 Å². The minimum Gasteiger partial charge on any atom is -0.368 e. The molecule has 1 saturated heterocycles. The first-order chi connectivity index (χ1) is 8.09. The molecule has 2 heterocycles. The van der Waals surface area contributed by atoms with Gasteiger partial charge in [0.2, 0.25) is 5.91 Å². The second-order valence-electron chi connectivity index (χ2n) is 4.05. The fourth-order valence-corrected chi connectivity index (χ4v) is 3.19. The van der Waals surface area contributed by atoms with Crippen molar-refractivity contribution >= 4 is 39.1 Å². The minimum absolute atomic E-state index is 0.101. The van der Waals surface area contributed by atoms with Crippen LogP contribution in [-0.4, -0.2) is 29.3 Å². The molecule has 2 N–H and O–H groups in total. The fraction of sp³-hybridized carbons (Fsp3) is 0.455. The molecule has 1 atom stereocenters. The molecule has 1 fully saturated rings. The second-order valence-corrected chi connectivity index (χ2v) is 6.34. The van der Waals surface area contributed by atoms with E-state index in [0.29, 0.717) is 18.5 Å². The van der Waals surface area contributed by atoms with E-state index in [0.717, 1.165) is 16.6 Å². The van der Waals surface area contributed by atoms with Crippen molar-refractivity contribution in [2.75, 3.05) is 6.54 Å². The van der Waals surface area contributed by atoms with E-state index in [1.165, 1.54) is 11.3 Å². The van der Waals surface area contributed by atoms with Crippen LogP contribution < -0.4 is 5.73 Å². The van der Waals surface area contributed by atoms with E-state index >= 15 is 0 Å². The molecule has 4 nitrogen and oxygen atoms in total. The number of hydrogen-bond acceptors (Lipinski definition) is 3. The summed E-state index contributed by atoms with van der Waals surface area (Å²) in [6.07, 6.45) is 2.55. The van der Waals surface area contributed by atoms with Crippen molar-refractivity contribution in [1.29, 1.82) is 0 Å². The maximum atomic E-state index is 12.2. The molecule has 1 aliphatic heterocycles. The quantitative estimate of drug-likeness (QED) is 0.907. The maximum Gasteiger partial charge on any atom is 0.255 e. The molecule has 1 aliphatic rings. The Morgan fingerprint density at radius 3 is 2.82 bits per heavy atom. The van der Waals surface area contributed by atoms with Crippen molar-refractivity contribution in [3.05, 3.63) is 20.8 Å². The van der Waals surface area contributed by atoms with Crippen molar-refractivity contribution in [1.82, 2.24) is 4.90 Å². The lowest BCUT2D eigenvalue weighted by atomic mass is 10.0. The largest absolute Gasteiger partial charge is 0.368 e. The van der Waals surface area contributed by atoms with Crippen molar-refractivity contribution in [3.8, 4) is 0 Å². The third-order valence-electron chi connectivity index (χ3n) is 2.91. The van der Waals surface area contributed by atoms with Crippen LogP contribution in [0, 0.1) is 0 Å². The number of primary amides is 1. The lowest BCUT2D eigenvalue weighted by molar-refractivity contribution is -0.123. The molecule has 0 spiro atoms. The van der Waals surface area contributed by atoms with Crippen LogP contribution in [0.25, 0.3) is 0 Å². The Kier molecular flexibility index (Phi) is 3.83. The molecular formula is C11H13BrN2O2S. The molecule has 2 rings (SSSR count). The highest BCUT2D eigenvalue weighted by Crippen LogP contribution is 2.24. The van der Waals surface area contributed by atoms with E-state index in [-0.39, 0.29) is 5.91 Å². The molecule has 0 aliphatic carbocycles. The van der Waals surface area contributed by atoms with Gasteiger partial charge in [-0.1, -0.05) is 0 Å². The molecule has 1 aromatic heterocycles. The third kappa shape index (κ3) is 2.69. The average molecular weight is 317 g/mol. The molecule has 17 heavy (non-hydrogen) atoms. The Morgan fingerprint density at radius 2 is 2.24 bits per heavy atom. The molecule has 92 valence electrons. The zero-order valence-electron chi connectivity index (χ0n) is 9.19. The summed E-state index contributed by atoms with van der Waals surface area (Å²) < 4.78 is 0.911. The summed E-state index contributed by atoms with van der Waals surface area (Å²) in [6, 6.07) is 1.33. The Hall–Kier alpha value is -0.880. The lowest BCUT2D eigenvalue weighted by Gasteiger charge is -2.33. The number of thiophene rings is 1. The number of halogens is 1. The highest BCUT2D eigenvalue weighted by molar-refractivity contribution is 9.11. The zero-order chi connectivity index (χ0) is 12.4. The average Bonchev–Trinajstić information content (AvgIpc) is 2.75. The van der Waals surface area contributed by atoms with E-state index in [1.54, 1.807) is 16.3 Å². The van der Waals surface area contributed by atoms with E-state index in [9.17, 15) is 9.59 Å². The van der Waals surface area contributed by atoms with Gasteiger partial charge in [0, 0.05) is 11.9 Å². The standard InChI is InChI=1S/C11H13BrN2O2S/c12-9-5-7(6-17-9)11(16)14-4-2-1-3-8(14)10(13)15/h5-6,8H,1-4H2,(H2,13,15). The van der Waals surface area contributed by atoms with E-state index < -0.39 is 11.9 Å². The highest BCUT2D eigenvalue weighted by Gasteiger charge is 2.31. The van der Waals surface area contributed by atoms with Gasteiger partial charge >= 0.3 is 0 Å². The molecule has 1 unspecified atom stereocenters. The normalized spacial score (nSPS) is 20.3. The van der Waals surface area contributed by atoms with E-state index in [4.69, 9.17) is 5.73 Å². The van der Waals surface area contributed by atoms with Crippen LogP contribution in [0.1, 0.15) is 29.6 Å². The number of nitrogens with two attached hydrogens (primary N) is 1. The summed E-state index contributed by atoms with van der Waals surface area (Å²) in [4.78, 5) is 25.2. The Morgan fingerprint density at radius 1 is 1.47 bits per heavy atom. The zero-order valence-corrected chi connectivity index (χ0v) is 11.6. The van der Waals surface area contributed by atoms with Crippen molar-refractivity contribution in [2.45, 2.75) is 25.3 Å². The van der Waals surface area contributed by atoms with Crippen LogP contribution in [0.5, 0.6) is 0 Å². The van der Waals surface area contributed by atoms with E-state index in [1.807, 2.05) is 0 Å². The van der Waals surface area contributed by atoms with Crippen LogP contribution in [0.3, 0.4) is 0 Å². The number of amides is 2. The summed E-state index contributed by atoms with van der Waals surface area (Å²) in [5.74, 6) is -0.511. The number of rotatable bonds is 2. The molecule has 0 bridgehead atoms. The SMILES string of the molecule is NC(=O)C1CCCCN1C(=O)c1csc(Br)c1. The van der Waals surface area contributed by atoms with Crippen molar-refractivity contribution in [3.63, 3.8) is 0 Å². The molecule has 0 radical (unpaired) electrons. The summed E-state index contributed by atoms with van der Waals surface area (Å²) in [7, 11) is 0. The molecule has 1 aromatic rings. The lowest BCUT2D eigenvalue weighted by Crippen LogP contribution is -2.50. The summed E-state index contributed by atoms with van der Waals surface area (Å²) in [5.41, 5.74) is 5.96. The van der Waals surface area contributed by atoms with Crippen LogP contribution in [0.15, 0.2) is 15.2 Å². The van der Waals surface area contributed by atoms with Gasteiger partial charge < -0.3 is 10.6 Å². The van der Waals surface area contributed by atoms with Gasteiger partial charge in [0.05, 0.1) is 9.35 Å². The predicted molar refractivity (Wildman–Crippen MR) is 69.9 cm³/mol. The summed E-state index contributed by atoms with van der Waals surface area (Å²) >= 11 is 4.78. The van der Waals surface area contributed by atoms with Gasteiger partial charge in [-0.25, -0.2) is 0 Å². The molecule has 0 saturated carbocycles. The monoisotopic (exact) mass is 316 g/mol.